The molecular formula is C12H11ClF3N3. The number of alkyl halides is 4. The fourth-order valence-corrected chi connectivity index (χ4v) is 2.52. The molecule has 0 radical (unpaired) electrons. The Labute approximate surface area is 112 Å². The number of pyridine rings is 1. The molecule has 7 heteroatoms. The van der Waals surface area contributed by atoms with Crippen molar-refractivity contribution in [3.05, 3.63) is 24.2 Å². The molecule has 1 aliphatic carbocycles. The zero-order valence-electron chi connectivity index (χ0n) is 10.1. The molecule has 2 aromatic heterocycles. The van der Waals surface area contributed by atoms with Gasteiger partial charge in [-0.15, -0.1) is 11.6 Å². The lowest BCUT2D eigenvalue weighted by molar-refractivity contribution is -0.179. The van der Waals surface area contributed by atoms with Gasteiger partial charge in [0.15, 0.2) is 5.65 Å². The van der Waals surface area contributed by atoms with E-state index in [1.54, 1.807) is 19.1 Å². The number of rotatable bonds is 2. The first-order chi connectivity index (χ1) is 8.87. The zero-order chi connectivity index (χ0) is 13.8. The largest absolute Gasteiger partial charge is 0.412 e. The molecule has 2 aromatic rings. The number of halogens is 4. The summed E-state index contributed by atoms with van der Waals surface area (Å²) in [5, 5.41) is -0.603. The van der Waals surface area contributed by atoms with Crippen LogP contribution in [0.15, 0.2) is 18.3 Å². The summed E-state index contributed by atoms with van der Waals surface area (Å²) in [7, 11) is 0. The van der Waals surface area contributed by atoms with Crippen LogP contribution in [0.25, 0.3) is 11.2 Å². The SMILES string of the molecule is CC(Cl)c1nc2cccnc2n1C1(C(F)(F)F)CC1. The van der Waals surface area contributed by atoms with E-state index < -0.39 is 17.1 Å². The molecule has 1 aliphatic rings. The van der Waals surface area contributed by atoms with Crippen LogP contribution in [-0.4, -0.2) is 20.7 Å². The second kappa shape index (κ2) is 3.85. The highest BCUT2D eigenvalue weighted by Crippen LogP contribution is 2.57. The molecule has 0 spiro atoms. The minimum Gasteiger partial charge on any atom is -0.296 e. The summed E-state index contributed by atoms with van der Waals surface area (Å²) in [5.74, 6) is 0.227. The first kappa shape index (κ1) is 12.7. The molecule has 0 N–H and O–H groups in total. The minimum atomic E-state index is -4.32. The number of nitrogens with zero attached hydrogens (tertiary/aromatic N) is 3. The van der Waals surface area contributed by atoms with Crippen LogP contribution in [0.4, 0.5) is 13.2 Å². The summed E-state index contributed by atoms with van der Waals surface area (Å²) in [5.41, 5.74) is -1.19. The molecule has 0 saturated heterocycles. The van der Waals surface area contributed by atoms with Crippen LogP contribution < -0.4 is 0 Å². The van der Waals surface area contributed by atoms with Crippen LogP contribution in [0.5, 0.6) is 0 Å². The average molecular weight is 290 g/mol. The third-order valence-corrected chi connectivity index (χ3v) is 3.67. The maximum absolute atomic E-state index is 13.3. The topological polar surface area (TPSA) is 30.7 Å². The molecule has 102 valence electrons. The predicted octanol–water partition coefficient (Wildman–Crippen LogP) is 3.78. The summed E-state index contributed by atoms with van der Waals surface area (Å²) >= 11 is 5.99. The van der Waals surface area contributed by atoms with Gasteiger partial charge in [0.1, 0.15) is 16.9 Å². The van der Waals surface area contributed by atoms with E-state index in [1.807, 2.05) is 0 Å². The summed E-state index contributed by atoms with van der Waals surface area (Å²) < 4.78 is 41.1. The van der Waals surface area contributed by atoms with Crippen molar-refractivity contribution in [3.8, 4) is 0 Å². The maximum atomic E-state index is 13.3. The van der Waals surface area contributed by atoms with Crippen molar-refractivity contribution in [2.24, 2.45) is 0 Å². The normalized spacial score (nSPS) is 19.6. The molecule has 1 fully saturated rings. The van der Waals surface area contributed by atoms with E-state index in [-0.39, 0.29) is 24.3 Å². The van der Waals surface area contributed by atoms with E-state index in [4.69, 9.17) is 11.6 Å². The molecule has 0 bridgehead atoms. The highest BCUT2D eigenvalue weighted by atomic mass is 35.5. The molecule has 1 unspecified atom stereocenters. The lowest BCUT2D eigenvalue weighted by Crippen LogP contribution is -2.36. The van der Waals surface area contributed by atoms with Gasteiger partial charge in [0.2, 0.25) is 0 Å². The van der Waals surface area contributed by atoms with Crippen molar-refractivity contribution in [2.45, 2.75) is 36.9 Å². The Bertz CT molecular complexity index is 629. The second-order valence-electron chi connectivity index (χ2n) is 4.80. The Hall–Kier alpha value is -1.30. The van der Waals surface area contributed by atoms with E-state index in [1.165, 1.54) is 10.8 Å². The molecule has 0 aromatic carbocycles. The monoisotopic (exact) mass is 289 g/mol. The number of aromatic nitrogens is 3. The summed E-state index contributed by atoms with van der Waals surface area (Å²) in [6.07, 6.45) is -2.75. The number of imidazole rings is 1. The maximum Gasteiger partial charge on any atom is 0.412 e. The third-order valence-electron chi connectivity index (χ3n) is 3.48. The van der Waals surface area contributed by atoms with Gasteiger partial charge >= 0.3 is 6.18 Å². The minimum absolute atomic E-state index is 0.0507. The fraction of sp³-hybridized carbons (Fsp3) is 0.500. The van der Waals surface area contributed by atoms with E-state index >= 15 is 0 Å². The van der Waals surface area contributed by atoms with E-state index in [2.05, 4.69) is 9.97 Å². The third kappa shape index (κ3) is 1.73. The highest BCUT2D eigenvalue weighted by molar-refractivity contribution is 6.20. The van der Waals surface area contributed by atoms with E-state index in [0.29, 0.717) is 5.52 Å². The van der Waals surface area contributed by atoms with Gasteiger partial charge in [-0.1, -0.05) is 0 Å². The highest BCUT2D eigenvalue weighted by Gasteiger charge is 2.66. The van der Waals surface area contributed by atoms with E-state index in [9.17, 15) is 13.2 Å². The van der Waals surface area contributed by atoms with Crippen molar-refractivity contribution in [1.29, 1.82) is 0 Å². The summed E-state index contributed by atoms with van der Waals surface area (Å²) in [6, 6.07) is 3.30. The molecule has 0 aliphatic heterocycles. The molecule has 3 rings (SSSR count). The van der Waals surface area contributed by atoms with E-state index in [0.717, 1.165) is 0 Å². The standard InChI is InChI=1S/C12H11ClF3N3/c1-7(13)9-18-8-3-2-6-17-10(8)19(9)11(4-5-11)12(14,15)16/h2-3,6-7H,4-5H2,1H3. The van der Waals surface area contributed by atoms with Crippen LogP contribution in [0.1, 0.15) is 31.0 Å². The molecule has 1 atom stereocenters. The van der Waals surface area contributed by atoms with Gasteiger partial charge in [-0.3, -0.25) is 4.57 Å². The fourth-order valence-electron chi connectivity index (χ4n) is 2.37. The molecular weight excluding hydrogens is 279 g/mol. The quantitative estimate of drug-likeness (QED) is 0.788. The number of fused-ring (bicyclic) bond motifs is 1. The first-order valence-electron chi connectivity index (χ1n) is 5.91. The molecule has 19 heavy (non-hydrogen) atoms. The smallest absolute Gasteiger partial charge is 0.296 e. The summed E-state index contributed by atoms with van der Waals surface area (Å²) in [4.78, 5) is 8.25. The Morgan fingerprint density at radius 1 is 1.42 bits per heavy atom. The van der Waals surface area contributed by atoms with Crippen LogP contribution in [0.3, 0.4) is 0 Å². The molecule has 1 saturated carbocycles. The number of hydrogen-bond acceptors (Lipinski definition) is 2. The lowest BCUT2D eigenvalue weighted by atomic mass is 10.2. The van der Waals surface area contributed by atoms with Gasteiger partial charge in [-0.25, -0.2) is 9.97 Å². The van der Waals surface area contributed by atoms with Crippen LogP contribution >= 0.6 is 11.6 Å². The Balaban J connectivity index is 2.30. The molecule has 0 amide bonds. The zero-order valence-corrected chi connectivity index (χ0v) is 10.8. The van der Waals surface area contributed by atoms with Crippen molar-refractivity contribution >= 4 is 22.8 Å². The van der Waals surface area contributed by atoms with Gasteiger partial charge in [0, 0.05) is 6.20 Å². The van der Waals surface area contributed by atoms with Crippen molar-refractivity contribution in [1.82, 2.24) is 14.5 Å². The predicted molar refractivity (Wildman–Crippen MR) is 65.1 cm³/mol. The van der Waals surface area contributed by atoms with Crippen molar-refractivity contribution in [3.63, 3.8) is 0 Å². The Kier molecular flexibility index (Phi) is 2.58. The first-order valence-corrected chi connectivity index (χ1v) is 6.35. The van der Waals surface area contributed by atoms with Crippen molar-refractivity contribution in [2.75, 3.05) is 0 Å². The average Bonchev–Trinajstić information content (AvgIpc) is 3.04. The van der Waals surface area contributed by atoms with Crippen LogP contribution in [0.2, 0.25) is 0 Å². The number of hydrogen-bond donors (Lipinski definition) is 0. The van der Waals surface area contributed by atoms with Gasteiger partial charge in [0.05, 0.1) is 5.38 Å². The Morgan fingerprint density at radius 3 is 2.63 bits per heavy atom. The Morgan fingerprint density at radius 2 is 2.11 bits per heavy atom. The van der Waals surface area contributed by atoms with Crippen LogP contribution in [-0.2, 0) is 5.54 Å². The second-order valence-corrected chi connectivity index (χ2v) is 5.45. The lowest BCUT2D eigenvalue weighted by Gasteiger charge is -2.23. The van der Waals surface area contributed by atoms with Gasteiger partial charge < -0.3 is 0 Å². The van der Waals surface area contributed by atoms with Gasteiger partial charge in [-0.2, -0.15) is 13.2 Å². The van der Waals surface area contributed by atoms with Gasteiger partial charge in [0.25, 0.3) is 0 Å². The molecule has 2 heterocycles. The van der Waals surface area contributed by atoms with Gasteiger partial charge in [-0.05, 0) is 31.9 Å². The molecule has 3 nitrogen and oxygen atoms in total. The summed E-state index contributed by atoms with van der Waals surface area (Å²) in [6.45, 7) is 1.62. The van der Waals surface area contributed by atoms with Crippen molar-refractivity contribution < 1.29 is 13.2 Å². The van der Waals surface area contributed by atoms with Crippen LogP contribution in [0, 0.1) is 0 Å².